The Morgan fingerprint density at radius 3 is 2.41 bits per heavy atom. The van der Waals surface area contributed by atoms with Crippen molar-refractivity contribution in [2.75, 3.05) is 30.8 Å². The first-order valence-corrected chi connectivity index (χ1v) is 9.71. The quantitative estimate of drug-likeness (QED) is 0.357. The number of rotatable bonds is 8. The van der Waals surface area contributed by atoms with Gasteiger partial charge in [0.25, 0.3) is 5.91 Å². The van der Waals surface area contributed by atoms with Crippen LogP contribution in [0.5, 0.6) is 5.75 Å². The number of carbonyl (C=O) groups is 1. The molecule has 32 heavy (non-hydrogen) atoms. The number of hydrogen-bond acceptors (Lipinski definition) is 6. The number of halogens is 3. The van der Waals surface area contributed by atoms with E-state index in [1.807, 2.05) is 38.1 Å². The Kier molecular flexibility index (Phi) is 7.14. The highest BCUT2D eigenvalue weighted by Gasteiger charge is 2.23. The van der Waals surface area contributed by atoms with Crippen LogP contribution in [0.4, 0.5) is 30.6 Å². The molecule has 1 heterocycles. The van der Waals surface area contributed by atoms with E-state index in [1.54, 1.807) is 6.07 Å². The first-order chi connectivity index (χ1) is 15.3. The fraction of sp³-hybridized carbons (Fsp3) is 0.227. The average molecular weight is 445 g/mol. The van der Waals surface area contributed by atoms with Crippen molar-refractivity contribution in [3.8, 4) is 5.75 Å². The summed E-state index contributed by atoms with van der Waals surface area (Å²) in [6.45, 7) is 4.07. The highest BCUT2D eigenvalue weighted by molar-refractivity contribution is 5.95. The molecule has 0 unspecified atom stereocenters. The van der Waals surface area contributed by atoms with Crippen LogP contribution in [-0.4, -0.2) is 36.1 Å². The Hall–Kier alpha value is -3.82. The summed E-state index contributed by atoms with van der Waals surface area (Å²) in [5, 5.41) is 8.57. The number of ether oxygens (including phenoxy) is 1. The van der Waals surface area contributed by atoms with Gasteiger partial charge in [-0.15, -0.1) is 0 Å². The predicted octanol–water partition coefficient (Wildman–Crippen LogP) is 4.10. The SMILES string of the molecule is COc1c(F)c(F)cc(C(=O)NCCNc2nc(C)cc(Nc3ccc(C)cc3)n2)c1F. The Bertz CT molecular complexity index is 1120. The Morgan fingerprint density at radius 1 is 1.00 bits per heavy atom. The maximum absolute atomic E-state index is 14.2. The third kappa shape index (κ3) is 5.45. The van der Waals surface area contributed by atoms with E-state index in [2.05, 4.69) is 30.7 Å². The van der Waals surface area contributed by atoms with E-state index in [-0.39, 0.29) is 13.1 Å². The van der Waals surface area contributed by atoms with Gasteiger partial charge in [0.1, 0.15) is 5.82 Å². The summed E-state index contributed by atoms with van der Waals surface area (Å²) in [6.07, 6.45) is 0. The van der Waals surface area contributed by atoms with E-state index in [1.165, 1.54) is 0 Å². The van der Waals surface area contributed by atoms with E-state index >= 15 is 0 Å². The minimum absolute atomic E-state index is 0.0532. The number of amides is 1. The van der Waals surface area contributed by atoms with Crippen LogP contribution in [0, 0.1) is 31.3 Å². The second kappa shape index (κ2) is 9.99. The first-order valence-electron chi connectivity index (χ1n) is 9.71. The van der Waals surface area contributed by atoms with Crippen molar-refractivity contribution in [1.82, 2.24) is 15.3 Å². The molecular formula is C22H22F3N5O2. The summed E-state index contributed by atoms with van der Waals surface area (Å²) in [5.74, 6) is -5.09. The smallest absolute Gasteiger partial charge is 0.254 e. The molecule has 0 fully saturated rings. The molecule has 3 N–H and O–H groups in total. The number of nitrogens with one attached hydrogen (secondary N) is 3. The van der Waals surface area contributed by atoms with E-state index in [9.17, 15) is 18.0 Å². The second-order valence-corrected chi connectivity index (χ2v) is 6.96. The van der Waals surface area contributed by atoms with Crippen LogP contribution >= 0.6 is 0 Å². The lowest BCUT2D eigenvalue weighted by atomic mass is 10.1. The van der Waals surface area contributed by atoms with Crippen molar-refractivity contribution in [3.05, 3.63) is 70.7 Å². The van der Waals surface area contributed by atoms with Crippen molar-refractivity contribution >= 4 is 23.4 Å². The van der Waals surface area contributed by atoms with Crippen molar-refractivity contribution in [3.63, 3.8) is 0 Å². The van der Waals surface area contributed by atoms with E-state index < -0.39 is 34.7 Å². The summed E-state index contributed by atoms with van der Waals surface area (Å²) in [5.41, 5.74) is 2.07. The normalized spacial score (nSPS) is 10.6. The van der Waals surface area contributed by atoms with Crippen LogP contribution < -0.4 is 20.7 Å². The predicted molar refractivity (Wildman–Crippen MR) is 115 cm³/mol. The largest absolute Gasteiger partial charge is 0.491 e. The van der Waals surface area contributed by atoms with Gasteiger partial charge < -0.3 is 20.7 Å². The molecule has 1 aromatic heterocycles. The lowest BCUT2D eigenvalue weighted by Gasteiger charge is -2.12. The lowest BCUT2D eigenvalue weighted by Crippen LogP contribution is -2.30. The summed E-state index contributed by atoms with van der Waals surface area (Å²) in [4.78, 5) is 20.8. The van der Waals surface area contributed by atoms with Gasteiger partial charge >= 0.3 is 0 Å². The Morgan fingerprint density at radius 2 is 1.72 bits per heavy atom. The molecule has 7 nitrogen and oxygen atoms in total. The molecule has 0 aliphatic rings. The molecule has 0 saturated carbocycles. The van der Waals surface area contributed by atoms with Gasteiger partial charge in [-0.1, -0.05) is 17.7 Å². The molecule has 0 spiro atoms. The summed E-state index contributed by atoms with van der Waals surface area (Å²) < 4.78 is 45.8. The number of hydrogen-bond donors (Lipinski definition) is 3. The van der Waals surface area contributed by atoms with Crippen molar-refractivity contribution < 1.29 is 22.7 Å². The highest BCUT2D eigenvalue weighted by Crippen LogP contribution is 2.26. The van der Waals surface area contributed by atoms with Crippen LogP contribution in [0.15, 0.2) is 36.4 Å². The van der Waals surface area contributed by atoms with Gasteiger partial charge in [0.2, 0.25) is 11.8 Å². The van der Waals surface area contributed by atoms with E-state index in [4.69, 9.17) is 0 Å². The van der Waals surface area contributed by atoms with Gasteiger partial charge in [0.15, 0.2) is 17.4 Å². The zero-order valence-electron chi connectivity index (χ0n) is 17.7. The first kappa shape index (κ1) is 22.9. The highest BCUT2D eigenvalue weighted by atomic mass is 19.2. The Balaban J connectivity index is 1.59. The summed E-state index contributed by atoms with van der Waals surface area (Å²) in [6, 6.07) is 10.1. The maximum Gasteiger partial charge on any atom is 0.254 e. The third-order valence-electron chi connectivity index (χ3n) is 4.44. The lowest BCUT2D eigenvalue weighted by molar-refractivity contribution is 0.0949. The number of aromatic nitrogens is 2. The average Bonchev–Trinajstić information content (AvgIpc) is 2.75. The number of anilines is 3. The zero-order chi connectivity index (χ0) is 23.3. The van der Waals surface area contributed by atoms with Gasteiger partial charge in [-0.3, -0.25) is 4.79 Å². The molecular weight excluding hydrogens is 423 g/mol. The van der Waals surface area contributed by atoms with Crippen molar-refractivity contribution in [1.29, 1.82) is 0 Å². The van der Waals surface area contributed by atoms with Crippen LogP contribution in [0.1, 0.15) is 21.6 Å². The molecule has 0 aliphatic heterocycles. The molecule has 3 rings (SSSR count). The zero-order valence-corrected chi connectivity index (χ0v) is 17.7. The molecule has 0 saturated heterocycles. The van der Waals surface area contributed by atoms with Gasteiger partial charge in [-0.2, -0.15) is 9.37 Å². The molecule has 0 atom stereocenters. The minimum Gasteiger partial charge on any atom is -0.491 e. The number of nitrogens with zero attached hydrogens (tertiary/aromatic N) is 2. The van der Waals surface area contributed by atoms with Crippen LogP contribution in [0.2, 0.25) is 0 Å². The molecule has 3 aromatic rings. The van der Waals surface area contributed by atoms with Gasteiger partial charge in [-0.05, 0) is 32.0 Å². The summed E-state index contributed by atoms with van der Waals surface area (Å²) in [7, 11) is 0.982. The third-order valence-corrected chi connectivity index (χ3v) is 4.44. The topological polar surface area (TPSA) is 88.2 Å². The van der Waals surface area contributed by atoms with Crippen molar-refractivity contribution in [2.24, 2.45) is 0 Å². The van der Waals surface area contributed by atoms with Crippen LogP contribution in [0.25, 0.3) is 0 Å². The van der Waals surface area contributed by atoms with Gasteiger partial charge in [-0.25, -0.2) is 13.8 Å². The van der Waals surface area contributed by atoms with Crippen LogP contribution in [-0.2, 0) is 0 Å². The number of carbonyl (C=O) groups excluding carboxylic acids is 1. The monoisotopic (exact) mass is 445 g/mol. The van der Waals surface area contributed by atoms with Crippen LogP contribution in [0.3, 0.4) is 0 Å². The fourth-order valence-electron chi connectivity index (χ4n) is 2.87. The fourth-order valence-corrected chi connectivity index (χ4v) is 2.87. The molecule has 0 aliphatic carbocycles. The van der Waals surface area contributed by atoms with E-state index in [0.717, 1.165) is 24.1 Å². The number of methoxy groups -OCH3 is 1. The number of benzene rings is 2. The maximum atomic E-state index is 14.2. The molecule has 1 amide bonds. The Labute approximate surface area is 183 Å². The minimum atomic E-state index is -1.49. The standard InChI is InChI=1S/C22H22F3N5O2/c1-12-4-6-14(7-5-12)29-17-10-13(2)28-22(30-17)27-9-8-26-21(31)15-11-16(23)19(25)20(32-3)18(15)24/h4-7,10-11H,8-9H2,1-3H3,(H,26,31)(H2,27,28,29,30). The summed E-state index contributed by atoms with van der Waals surface area (Å²) >= 11 is 0. The molecule has 0 radical (unpaired) electrons. The molecule has 10 heteroatoms. The molecule has 2 aromatic carbocycles. The molecule has 168 valence electrons. The van der Waals surface area contributed by atoms with Gasteiger partial charge in [0, 0.05) is 30.5 Å². The second-order valence-electron chi connectivity index (χ2n) is 6.96. The van der Waals surface area contributed by atoms with E-state index in [0.29, 0.717) is 17.8 Å². The molecule has 0 bridgehead atoms. The van der Waals surface area contributed by atoms with Gasteiger partial charge in [0.05, 0.1) is 12.7 Å². The van der Waals surface area contributed by atoms with Crippen molar-refractivity contribution in [2.45, 2.75) is 13.8 Å². The number of aryl methyl sites for hydroxylation is 2.